The van der Waals surface area contributed by atoms with Crippen molar-refractivity contribution in [1.29, 1.82) is 5.26 Å². The van der Waals surface area contributed by atoms with E-state index in [-0.39, 0.29) is 0 Å². The smallest absolute Gasteiger partial charge is 0.340 e. The number of nitrogens with zero attached hydrogens (tertiary/aromatic N) is 1. The standard InChI is InChI=1S/C11H10BrNO2/c1-3-15-11(14)10-8(6-13)4-7(2)5-9(10)12/h4-5H,3H2,1-2H3. The Balaban J connectivity index is 3.28. The normalized spacial score (nSPS) is 9.47. The first-order chi connectivity index (χ1) is 7.10. The molecule has 0 spiro atoms. The van der Waals surface area contributed by atoms with Gasteiger partial charge in [-0.25, -0.2) is 4.79 Å². The molecule has 0 fully saturated rings. The number of aryl methyl sites for hydroxylation is 1. The van der Waals surface area contributed by atoms with E-state index in [9.17, 15) is 4.79 Å². The van der Waals surface area contributed by atoms with Gasteiger partial charge in [-0.1, -0.05) is 0 Å². The summed E-state index contributed by atoms with van der Waals surface area (Å²) in [5, 5.41) is 8.91. The molecule has 0 aliphatic rings. The molecule has 0 aliphatic heterocycles. The van der Waals surface area contributed by atoms with Gasteiger partial charge in [0.1, 0.15) is 6.07 Å². The first kappa shape index (κ1) is 11.7. The molecule has 0 unspecified atom stereocenters. The van der Waals surface area contributed by atoms with Crippen molar-refractivity contribution in [1.82, 2.24) is 0 Å². The quantitative estimate of drug-likeness (QED) is 0.775. The molecule has 0 heterocycles. The maximum absolute atomic E-state index is 11.6. The highest BCUT2D eigenvalue weighted by atomic mass is 79.9. The Kier molecular flexibility index (Phi) is 3.87. The molecule has 0 amide bonds. The Bertz CT molecular complexity index is 435. The Morgan fingerprint density at radius 1 is 1.60 bits per heavy atom. The third kappa shape index (κ3) is 2.57. The van der Waals surface area contributed by atoms with E-state index < -0.39 is 5.97 Å². The highest BCUT2D eigenvalue weighted by Gasteiger charge is 2.16. The molecule has 0 atom stereocenters. The summed E-state index contributed by atoms with van der Waals surface area (Å²) in [5.41, 5.74) is 1.55. The molecule has 0 saturated carbocycles. The lowest BCUT2D eigenvalue weighted by Gasteiger charge is -2.07. The first-order valence-corrected chi connectivity index (χ1v) is 5.26. The van der Waals surface area contributed by atoms with E-state index in [2.05, 4.69) is 15.9 Å². The van der Waals surface area contributed by atoms with Crippen LogP contribution in [0.25, 0.3) is 0 Å². The van der Waals surface area contributed by atoms with Crippen LogP contribution in [0.2, 0.25) is 0 Å². The van der Waals surface area contributed by atoms with Crippen LogP contribution in [0, 0.1) is 18.3 Å². The maximum atomic E-state index is 11.6. The van der Waals surface area contributed by atoms with Crippen LogP contribution in [-0.2, 0) is 4.74 Å². The predicted octanol–water partition coefficient (Wildman–Crippen LogP) is 2.81. The molecule has 0 N–H and O–H groups in total. The van der Waals surface area contributed by atoms with Crippen molar-refractivity contribution in [3.63, 3.8) is 0 Å². The maximum Gasteiger partial charge on any atom is 0.340 e. The molecule has 3 nitrogen and oxygen atoms in total. The van der Waals surface area contributed by atoms with Crippen molar-refractivity contribution in [2.45, 2.75) is 13.8 Å². The van der Waals surface area contributed by atoms with Gasteiger partial charge in [-0.2, -0.15) is 5.26 Å². The molecular weight excluding hydrogens is 258 g/mol. The summed E-state index contributed by atoms with van der Waals surface area (Å²) < 4.78 is 5.47. The molecule has 1 aromatic carbocycles. The van der Waals surface area contributed by atoms with Gasteiger partial charge in [0.15, 0.2) is 0 Å². The number of carbonyl (C=O) groups excluding carboxylic acids is 1. The summed E-state index contributed by atoms with van der Waals surface area (Å²) in [6.07, 6.45) is 0. The number of hydrogen-bond acceptors (Lipinski definition) is 3. The Hall–Kier alpha value is -1.34. The summed E-state index contributed by atoms with van der Waals surface area (Å²) in [5.74, 6) is -0.471. The van der Waals surface area contributed by atoms with Crippen molar-refractivity contribution in [3.05, 3.63) is 33.3 Å². The van der Waals surface area contributed by atoms with Crippen molar-refractivity contribution in [2.75, 3.05) is 6.61 Å². The summed E-state index contributed by atoms with van der Waals surface area (Å²) >= 11 is 3.26. The van der Waals surface area contributed by atoms with Gasteiger partial charge in [0.25, 0.3) is 0 Å². The average molecular weight is 268 g/mol. The van der Waals surface area contributed by atoms with Crippen LogP contribution < -0.4 is 0 Å². The van der Waals surface area contributed by atoms with Crippen molar-refractivity contribution in [2.24, 2.45) is 0 Å². The summed E-state index contributed by atoms with van der Waals surface area (Å²) in [6.45, 7) is 3.89. The third-order valence-electron chi connectivity index (χ3n) is 1.83. The van der Waals surface area contributed by atoms with Crippen molar-refractivity contribution in [3.8, 4) is 6.07 Å². The van der Waals surface area contributed by atoms with Gasteiger partial charge < -0.3 is 4.74 Å². The van der Waals surface area contributed by atoms with Crippen LogP contribution in [0.5, 0.6) is 0 Å². The first-order valence-electron chi connectivity index (χ1n) is 4.47. The number of esters is 1. The van der Waals surface area contributed by atoms with E-state index >= 15 is 0 Å². The van der Waals surface area contributed by atoms with Gasteiger partial charge in [0, 0.05) is 4.47 Å². The molecule has 15 heavy (non-hydrogen) atoms. The van der Waals surface area contributed by atoms with Gasteiger partial charge >= 0.3 is 5.97 Å². The monoisotopic (exact) mass is 267 g/mol. The number of rotatable bonds is 2. The number of halogens is 1. The minimum atomic E-state index is -0.471. The second kappa shape index (κ2) is 4.94. The topological polar surface area (TPSA) is 50.1 Å². The molecule has 0 saturated heterocycles. The van der Waals surface area contributed by atoms with E-state index in [1.165, 1.54) is 0 Å². The van der Waals surface area contributed by atoms with Gasteiger partial charge in [0.2, 0.25) is 0 Å². The molecule has 1 rings (SSSR count). The molecule has 0 aromatic heterocycles. The lowest BCUT2D eigenvalue weighted by atomic mass is 10.1. The molecule has 4 heteroatoms. The average Bonchev–Trinajstić information content (AvgIpc) is 2.16. The summed E-state index contributed by atoms with van der Waals surface area (Å²) in [6, 6.07) is 5.43. The number of nitriles is 1. The van der Waals surface area contributed by atoms with Crippen LogP contribution >= 0.6 is 15.9 Å². The zero-order valence-electron chi connectivity index (χ0n) is 8.50. The second-order valence-corrected chi connectivity index (χ2v) is 3.86. The molecule has 1 aromatic rings. The Morgan fingerprint density at radius 3 is 2.80 bits per heavy atom. The highest BCUT2D eigenvalue weighted by molar-refractivity contribution is 9.10. The van der Waals surface area contributed by atoms with Crippen molar-refractivity contribution >= 4 is 21.9 Å². The number of hydrogen-bond donors (Lipinski definition) is 0. The number of ether oxygens (including phenoxy) is 1. The van der Waals surface area contributed by atoms with Crippen LogP contribution in [0.3, 0.4) is 0 Å². The summed E-state index contributed by atoms with van der Waals surface area (Å²) in [7, 11) is 0. The van der Waals surface area contributed by atoms with E-state index in [1.54, 1.807) is 19.1 Å². The Labute approximate surface area is 96.8 Å². The van der Waals surface area contributed by atoms with Crippen molar-refractivity contribution < 1.29 is 9.53 Å². The van der Waals surface area contributed by atoms with E-state index in [1.807, 2.05) is 13.0 Å². The van der Waals surface area contributed by atoms with E-state index in [0.29, 0.717) is 22.2 Å². The summed E-state index contributed by atoms with van der Waals surface area (Å²) in [4.78, 5) is 11.6. The van der Waals surface area contributed by atoms with Crippen LogP contribution in [0.15, 0.2) is 16.6 Å². The molecule has 78 valence electrons. The fraction of sp³-hybridized carbons (Fsp3) is 0.273. The van der Waals surface area contributed by atoms with Gasteiger partial charge in [-0.15, -0.1) is 0 Å². The molecule has 0 radical (unpaired) electrons. The molecule has 0 aliphatic carbocycles. The van der Waals surface area contributed by atoms with Crippen LogP contribution in [0.4, 0.5) is 0 Å². The molecule has 0 bridgehead atoms. The van der Waals surface area contributed by atoms with E-state index in [0.717, 1.165) is 5.56 Å². The fourth-order valence-corrected chi connectivity index (χ4v) is 1.98. The lowest BCUT2D eigenvalue weighted by molar-refractivity contribution is 0.0525. The number of carbonyl (C=O) groups is 1. The van der Waals surface area contributed by atoms with E-state index in [4.69, 9.17) is 10.00 Å². The minimum Gasteiger partial charge on any atom is -0.462 e. The largest absolute Gasteiger partial charge is 0.462 e. The zero-order valence-corrected chi connectivity index (χ0v) is 10.1. The zero-order chi connectivity index (χ0) is 11.4. The lowest BCUT2D eigenvalue weighted by Crippen LogP contribution is -2.08. The Morgan fingerprint density at radius 2 is 2.27 bits per heavy atom. The third-order valence-corrected chi connectivity index (χ3v) is 2.46. The fourth-order valence-electron chi connectivity index (χ4n) is 1.24. The number of benzene rings is 1. The van der Waals surface area contributed by atoms with Crippen LogP contribution in [-0.4, -0.2) is 12.6 Å². The SMILES string of the molecule is CCOC(=O)c1c(Br)cc(C)cc1C#N. The predicted molar refractivity (Wildman–Crippen MR) is 59.6 cm³/mol. The van der Waals surface area contributed by atoms with Gasteiger partial charge in [-0.05, 0) is 47.5 Å². The van der Waals surface area contributed by atoms with Gasteiger partial charge in [-0.3, -0.25) is 0 Å². The highest BCUT2D eigenvalue weighted by Crippen LogP contribution is 2.23. The molecular formula is C11H10BrNO2. The van der Waals surface area contributed by atoms with Gasteiger partial charge in [0.05, 0.1) is 17.7 Å². The second-order valence-electron chi connectivity index (χ2n) is 3.00. The minimum absolute atomic E-state index is 0.296. The van der Waals surface area contributed by atoms with Crippen LogP contribution in [0.1, 0.15) is 28.4 Å².